The summed E-state index contributed by atoms with van der Waals surface area (Å²) in [6.45, 7) is 8.16. The lowest BCUT2D eigenvalue weighted by molar-refractivity contribution is -0.408. The first-order valence-corrected chi connectivity index (χ1v) is 32.0. The van der Waals surface area contributed by atoms with Gasteiger partial charge in [-0.1, -0.05) is 245 Å². The second kappa shape index (κ2) is 30.0. The van der Waals surface area contributed by atoms with E-state index in [2.05, 4.69) is 69.3 Å². The second-order valence-corrected chi connectivity index (χ2v) is 27.6. The highest BCUT2D eigenvalue weighted by Gasteiger charge is 2.59. The number of hydrogen-bond donors (Lipinski definition) is 0. The molecule has 454 valence electrons. The van der Waals surface area contributed by atoms with Gasteiger partial charge in [-0.25, -0.2) is 0 Å². The Kier molecular flexibility index (Phi) is 21.4. The molecule has 14 heteroatoms. The van der Waals surface area contributed by atoms with Gasteiger partial charge in [0.25, 0.3) is 8.32 Å². The van der Waals surface area contributed by atoms with Crippen LogP contribution in [0.25, 0.3) is 0 Å². The van der Waals surface area contributed by atoms with Crippen LogP contribution in [0.5, 0.6) is 5.75 Å². The first-order valence-electron chi connectivity index (χ1n) is 30.1. The molecule has 0 N–H and O–H groups in total. The SMILES string of the molecule is COc1ccc(C2O[C@@H]3[C@H](OC(O[C@H]4[C@H](OCc5ccccc5)[C@H](OCc5ccccc5)[C@@H](OC)O[C@@H]4COCc4ccccc4)[C@@H](OCc4ccccc4)[C@H]3OCc3ccccc3)[C@H](CO[Si](c3ccccc3)(c3ccccc3)C(C)(C)C)O2)cc1. The lowest BCUT2D eigenvalue weighted by atomic mass is 9.92. The van der Waals surface area contributed by atoms with E-state index in [1.165, 1.54) is 0 Å². The van der Waals surface area contributed by atoms with Gasteiger partial charge in [0.1, 0.15) is 60.7 Å². The zero-order valence-electron chi connectivity index (χ0n) is 50.2. The Morgan fingerprint density at radius 3 is 1.25 bits per heavy atom. The van der Waals surface area contributed by atoms with Crippen LogP contribution in [0.4, 0.5) is 0 Å². The summed E-state index contributed by atoms with van der Waals surface area (Å²) in [6, 6.07) is 79.2. The standard InChI is InChI=1S/C73H80O13Si/c1-73(2,3)87(59-37-23-11-24-38-59,60-39-25-12-26-40-60)81-51-62-64-67(86-70(82-62)57-41-43-58(74-4)44-42-57)66(78-47-54-31-17-8-18-32-54)69(80-49-56-35-21-10-22-36-56)72(85-64)84-63-61(50-76-45-52-27-13-6-14-28-52)83-71(75-5)68(79-48-55-33-19-9-20-34-55)65(63)77-46-53-29-15-7-16-30-53/h6-44,61-72H,45-51H2,1-5H3/t61-,62+,63-,64-,65+,66+,67-,68+,69+,70?,71+,72?/m1/s1. The summed E-state index contributed by atoms with van der Waals surface area (Å²) in [5.74, 6) is 0.699. The van der Waals surface area contributed by atoms with Crippen LogP contribution < -0.4 is 15.1 Å². The summed E-state index contributed by atoms with van der Waals surface area (Å²) in [6.07, 6.45) is -10.7. The fourth-order valence-electron chi connectivity index (χ4n) is 12.0. The molecule has 12 atom stereocenters. The van der Waals surface area contributed by atoms with Crippen molar-refractivity contribution in [3.8, 4) is 5.75 Å². The number of methoxy groups -OCH3 is 2. The van der Waals surface area contributed by atoms with Crippen molar-refractivity contribution in [3.63, 3.8) is 0 Å². The zero-order valence-corrected chi connectivity index (χ0v) is 51.2. The van der Waals surface area contributed by atoms with E-state index in [-0.39, 0.29) is 44.7 Å². The Morgan fingerprint density at radius 2 is 0.805 bits per heavy atom. The molecule has 3 saturated heterocycles. The molecule has 0 bridgehead atoms. The molecule has 0 saturated carbocycles. The average Bonchev–Trinajstić information content (AvgIpc) is 0.935. The minimum atomic E-state index is -3.19. The van der Waals surface area contributed by atoms with E-state index in [1.54, 1.807) is 14.2 Å². The molecule has 0 aromatic heterocycles. The van der Waals surface area contributed by atoms with E-state index in [0.717, 1.165) is 43.8 Å². The van der Waals surface area contributed by atoms with Crippen molar-refractivity contribution in [2.45, 2.75) is 133 Å². The lowest BCUT2D eigenvalue weighted by Crippen LogP contribution is -2.70. The molecular weight excluding hydrogens is 1110 g/mol. The van der Waals surface area contributed by atoms with Crippen molar-refractivity contribution in [1.82, 2.24) is 0 Å². The number of benzene rings is 8. The van der Waals surface area contributed by atoms with E-state index in [0.29, 0.717) is 12.4 Å². The van der Waals surface area contributed by atoms with Crippen LogP contribution in [-0.4, -0.2) is 103 Å². The summed E-state index contributed by atoms with van der Waals surface area (Å²) in [5, 5.41) is 1.89. The maximum atomic E-state index is 7.81. The normalized spacial score (nSPS) is 24.9. The van der Waals surface area contributed by atoms with Gasteiger partial charge in [0.15, 0.2) is 18.9 Å². The zero-order chi connectivity index (χ0) is 59.8. The van der Waals surface area contributed by atoms with Crippen LogP contribution in [0.2, 0.25) is 5.04 Å². The van der Waals surface area contributed by atoms with Gasteiger partial charge in [0.2, 0.25) is 0 Å². The summed E-state index contributed by atoms with van der Waals surface area (Å²) in [7, 11) is 0.0750. The second-order valence-electron chi connectivity index (χ2n) is 23.2. The molecular formula is C73H80O13Si. The van der Waals surface area contributed by atoms with E-state index in [1.807, 2.05) is 188 Å². The van der Waals surface area contributed by atoms with E-state index < -0.39 is 82.1 Å². The Balaban J connectivity index is 1.04. The molecule has 13 nitrogen and oxygen atoms in total. The van der Waals surface area contributed by atoms with Crippen LogP contribution in [0.1, 0.15) is 60.4 Å². The summed E-state index contributed by atoms with van der Waals surface area (Å²) in [5.41, 5.74) is 5.59. The maximum Gasteiger partial charge on any atom is 0.261 e. The van der Waals surface area contributed by atoms with E-state index in [4.69, 9.17) is 61.3 Å². The summed E-state index contributed by atoms with van der Waals surface area (Å²) < 4.78 is 92.0. The first kappa shape index (κ1) is 61.9. The molecule has 0 amide bonds. The van der Waals surface area contributed by atoms with Gasteiger partial charge in [-0.2, -0.15) is 0 Å². The van der Waals surface area contributed by atoms with Gasteiger partial charge >= 0.3 is 0 Å². The van der Waals surface area contributed by atoms with Gasteiger partial charge in [-0.15, -0.1) is 0 Å². The fourth-order valence-corrected chi connectivity index (χ4v) is 16.6. The van der Waals surface area contributed by atoms with Crippen LogP contribution in [0.15, 0.2) is 237 Å². The van der Waals surface area contributed by atoms with Crippen molar-refractivity contribution in [2.24, 2.45) is 0 Å². The van der Waals surface area contributed by atoms with Crippen LogP contribution in [0.3, 0.4) is 0 Å². The van der Waals surface area contributed by atoms with Crippen molar-refractivity contribution >= 4 is 18.7 Å². The molecule has 8 aromatic carbocycles. The van der Waals surface area contributed by atoms with Crippen molar-refractivity contribution < 1.29 is 61.3 Å². The third-order valence-corrected chi connectivity index (χ3v) is 21.4. The molecule has 0 radical (unpaired) electrons. The first-order chi connectivity index (χ1) is 42.7. The molecule has 0 spiro atoms. The lowest BCUT2D eigenvalue weighted by Gasteiger charge is -2.53. The Bertz CT molecular complexity index is 3220. The Labute approximate surface area is 513 Å². The van der Waals surface area contributed by atoms with Crippen LogP contribution in [0, 0.1) is 0 Å². The molecule has 3 aliphatic rings. The van der Waals surface area contributed by atoms with Gasteiger partial charge in [-0.05, 0) is 55.4 Å². The molecule has 3 heterocycles. The van der Waals surface area contributed by atoms with Gasteiger partial charge in [-0.3, -0.25) is 0 Å². The molecule has 0 aliphatic carbocycles. The fraction of sp³-hybridized carbons (Fsp3) is 0.342. The van der Waals surface area contributed by atoms with Crippen LogP contribution >= 0.6 is 0 Å². The van der Waals surface area contributed by atoms with E-state index >= 15 is 0 Å². The Morgan fingerprint density at radius 1 is 0.379 bits per heavy atom. The number of fused-ring (bicyclic) bond motifs is 1. The predicted octanol–water partition coefficient (Wildman–Crippen LogP) is 12.1. The third-order valence-electron chi connectivity index (χ3n) is 16.4. The predicted molar refractivity (Wildman–Crippen MR) is 334 cm³/mol. The molecule has 87 heavy (non-hydrogen) atoms. The maximum absolute atomic E-state index is 7.81. The largest absolute Gasteiger partial charge is 0.497 e. The summed E-state index contributed by atoms with van der Waals surface area (Å²) >= 11 is 0. The molecule has 11 rings (SSSR count). The van der Waals surface area contributed by atoms with Crippen molar-refractivity contribution in [2.75, 3.05) is 27.4 Å². The minimum Gasteiger partial charge on any atom is -0.497 e. The number of rotatable bonds is 26. The smallest absolute Gasteiger partial charge is 0.261 e. The summed E-state index contributed by atoms with van der Waals surface area (Å²) in [4.78, 5) is 0. The van der Waals surface area contributed by atoms with E-state index in [9.17, 15) is 0 Å². The molecule has 3 aliphatic heterocycles. The quantitative estimate of drug-likeness (QED) is 0.0479. The topological polar surface area (TPSA) is 120 Å². The highest BCUT2D eigenvalue weighted by atomic mass is 28.4. The van der Waals surface area contributed by atoms with Crippen molar-refractivity contribution in [1.29, 1.82) is 0 Å². The molecule has 3 fully saturated rings. The number of ether oxygens (including phenoxy) is 12. The third kappa shape index (κ3) is 15.2. The monoisotopic (exact) mass is 1190 g/mol. The van der Waals surface area contributed by atoms with Gasteiger partial charge in [0.05, 0.1) is 53.4 Å². The molecule has 8 aromatic rings. The van der Waals surface area contributed by atoms with Gasteiger partial charge in [0, 0.05) is 12.7 Å². The Hall–Kier alpha value is -6.70. The average molecular weight is 1190 g/mol. The number of hydrogen-bond acceptors (Lipinski definition) is 13. The molecule has 2 unspecified atom stereocenters. The minimum absolute atomic E-state index is 0.0863. The highest BCUT2D eigenvalue weighted by molar-refractivity contribution is 6.99. The van der Waals surface area contributed by atoms with Crippen LogP contribution in [-0.2, 0) is 89.6 Å². The van der Waals surface area contributed by atoms with Crippen molar-refractivity contribution in [3.05, 3.63) is 270 Å². The highest BCUT2D eigenvalue weighted by Crippen LogP contribution is 2.44. The van der Waals surface area contributed by atoms with Gasteiger partial charge < -0.3 is 61.3 Å².